The molecule has 0 saturated carbocycles. The molecule has 150 valence electrons. The van der Waals surface area contributed by atoms with Crippen molar-refractivity contribution in [2.45, 2.75) is 47.1 Å². The standard InChI is InChI=1S/C15H26N4O3.C2H6.C2H4/c1-7-11(16)13-12(10-17-19(13)6)21-9-8-18(5)14(20)22-15(2,3)4;2*1-2/h7,10H,8-9,16H2,1-6H3;1-2H3;1-2H2/b11-7-;;. The molecule has 0 unspecified atom stereocenters. The largest absolute Gasteiger partial charge is 0.488 e. The molecule has 1 aromatic rings. The van der Waals surface area contributed by atoms with Gasteiger partial charge >= 0.3 is 6.09 Å². The summed E-state index contributed by atoms with van der Waals surface area (Å²) >= 11 is 0. The average Bonchev–Trinajstić information content (AvgIpc) is 2.97. The summed E-state index contributed by atoms with van der Waals surface area (Å²) in [6.45, 7) is 18.1. The predicted octanol–water partition coefficient (Wildman–Crippen LogP) is 3.81. The Labute approximate surface area is 158 Å². The van der Waals surface area contributed by atoms with Crippen LogP contribution < -0.4 is 10.5 Å². The number of carbonyl (C=O) groups excluding carboxylic acids is 1. The van der Waals surface area contributed by atoms with Gasteiger partial charge in [-0.2, -0.15) is 5.10 Å². The van der Waals surface area contributed by atoms with Crippen molar-refractivity contribution in [3.63, 3.8) is 0 Å². The SMILES string of the molecule is C/C=C(\N)c1c(OCCN(C)C(=O)OC(C)(C)C)cnn1C.C=C.CC. The van der Waals surface area contributed by atoms with Gasteiger partial charge in [0.25, 0.3) is 0 Å². The molecule has 1 aromatic heterocycles. The van der Waals surface area contributed by atoms with Crippen LogP contribution in [-0.4, -0.2) is 46.6 Å². The van der Waals surface area contributed by atoms with E-state index in [1.807, 2.05) is 41.5 Å². The van der Waals surface area contributed by atoms with Gasteiger partial charge in [-0.3, -0.25) is 4.68 Å². The number of nitrogens with zero attached hydrogens (tertiary/aromatic N) is 3. The number of hydrogen-bond donors (Lipinski definition) is 1. The van der Waals surface area contributed by atoms with E-state index in [1.165, 1.54) is 4.90 Å². The third-order valence-electron chi connectivity index (χ3n) is 2.88. The highest BCUT2D eigenvalue weighted by atomic mass is 16.6. The van der Waals surface area contributed by atoms with Gasteiger partial charge in [-0.05, 0) is 27.7 Å². The predicted molar refractivity (Wildman–Crippen MR) is 108 cm³/mol. The van der Waals surface area contributed by atoms with Crippen LogP contribution in [0.1, 0.15) is 47.2 Å². The lowest BCUT2D eigenvalue weighted by Gasteiger charge is -2.24. The third kappa shape index (κ3) is 9.15. The lowest BCUT2D eigenvalue weighted by atomic mass is 10.2. The van der Waals surface area contributed by atoms with E-state index in [4.69, 9.17) is 15.2 Å². The van der Waals surface area contributed by atoms with Gasteiger partial charge in [0.05, 0.1) is 18.4 Å². The Morgan fingerprint density at radius 2 is 1.92 bits per heavy atom. The molecule has 0 radical (unpaired) electrons. The zero-order valence-corrected chi connectivity index (χ0v) is 17.6. The van der Waals surface area contributed by atoms with Crippen LogP contribution in [0.4, 0.5) is 4.79 Å². The number of hydrogen-bond acceptors (Lipinski definition) is 5. The van der Waals surface area contributed by atoms with Crippen molar-refractivity contribution in [2.75, 3.05) is 20.2 Å². The van der Waals surface area contributed by atoms with Crippen molar-refractivity contribution in [2.24, 2.45) is 12.8 Å². The number of ether oxygens (including phenoxy) is 2. The van der Waals surface area contributed by atoms with Crippen LogP contribution in [0.25, 0.3) is 5.70 Å². The Bertz CT molecular complexity index is 560. The number of aryl methyl sites for hydroxylation is 1. The van der Waals surface area contributed by atoms with Crippen LogP contribution >= 0.6 is 0 Å². The van der Waals surface area contributed by atoms with Gasteiger partial charge < -0.3 is 20.1 Å². The zero-order valence-electron chi connectivity index (χ0n) is 17.6. The van der Waals surface area contributed by atoms with Crippen LogP contribution in [0.3, 0.4) is 0 Å². The highest BCUT2D eigenvalue weighted by molar-refractivity contribution is 5.67. The lowest BCUT2D eigenvalue weighted by molar-refractivity contribution is 0.0278. The van der Waals surface area contributed by atoms with E-state index in [-0.39, 0.29) is 6.09 Å². The molecule has 0 aliphatic rings. The van der Waals surface area contributed by atoms with Gasteiger partial charge in [0.15, 0.2) is 5.75 Å². The van der Waals surface area contributed by atoms with E-state index < -0.39 is 5.60 Å². The van der Waals surface area contributed by atoms with Crippen LogP contribution in [0.15, 0.2) is 25.4 Å². The minimum Gasteiger partial charge on any atom is -0.488 e. The van der Waals surface area contributed by atoms with Crippen molar-refractivity contribution in [3.8, 4) is 5.75 Å². The summed E-state index contributed by atoms with van der Waals surface area (Å²) in [6.07, 6.45) is 3.02. The Morgan fingerprint density at radius 1 is 1.38 bits per heavy atom. The molecule has 0 saturated heterocycles. The topological polar surface area (TPSA) is 82.6 Å². The summed E-state index contributed by atoms with van der Waals surface area (Å²) in [4.78, 5) is 13.3. The zero-order chi connectivity index (χ0) is 20.9. The van der Waals surface area contributed by atoms with E-state index in [0.717, 1.165) is 5.69 Å². The molecule has 0 aromatic carbocycles. The smallest absolute Gasteiger partial charge is 0.410 e. The molecule has 1 amide bonds. The van der Waals surface area contributed by atoms with E-state index >= 15 is 0 Å². The molecule has 7 heteroatoms. The Kier molecular flexibility index (Phi) is 12.8. The quantitative estimate of drug-likeness (QED) is 0.799. The average molecular weight is 369 g/mol. The minimum absolute atomic E-state index is 0.325. The molecular weight excluding hydrogens is 332 g/mol. The van der Waals surface area contributed by atoms with Gasteiger partial charge in [-0.25, -0.2) is 4.79 Å². The van der Waals surface area contributed by atoms with Gasteiger partial charge in [0.1, 0.15) is 17.9 Å². The van der Waals surface area contributed by atoms with E-state index in [2.05, 4.69) is 18.3 Å². The second kappa shape index (κ2) is 12.9. The number of likely N-dealkylation sites (N-methyl/N-ethyl adjacent to an activating group) is 1. The van der Waals surface area contributed by atoms with Gasteiger partial charge in [-0.15, -0.1) is 13.2 Å². The van der Waals surface area contributed by atoms with Crippen LogP contribution in [0.5, 0.6) is 5.75 Å². The van der Waals surface area contributed by atoms with Crippen molar-refractivity contribution in [1.82, 2.24) is 14.7 Å². The number of amides is 1. The van der Waals surface area contributed by atoms with Crippen molar-refractivity contribution >= 4 is 11.8 Å². The van der Waals surface area contributed by atoms with Crippen molar-refractivity contribution < 1.29 is 14.3 Å². The second-order valence-electron chi connectivity index (χ2n) is 5.98. The second-order valence-corrected chi connectivity index (χ2v) is 5.98. The molecule has 0 fully saturated rings. The molecular formula is C19H36N4O3. The molecule has 0 bridgehead atoms. The van der Waals surface area contributed by atoms with Crippen molar-refractivity contribution in [3.05, 3.63) is 31.1 Å². The fourth-order valence-electron chi connectivity index (χ4n) is 1.71. The lowest BCUT2D eigenvalue weighted by Crippen LogP contribution is -2.36. The first-order valence-electron chi connectivity index (χ1n) is 8.66. The summed E-state index contributed by atoms with van der Waals surface area (Å²) in [5.41, 5.74) is 6.73. The highest BCUT2D eigenvalue weighted by Crippen LogP contribution is 2.22. The molecule has 0 spiro atoms. The van der Waals surface area contributed by atoms with Gasteiger partial charge in [0.2, 0.25) is 0 Å². The van der Waals surface area contributed by atoms with Gasteiger partial charge in [0, 0.05) is 14.1 Å². The maximum Gasteiger partial charge on any atom is 0.410 e. The molecule has 2 N–H and O–H groups in total. The highest BCUT2D eigenvalue weighted by Gasteiger charge is 2.19. The van der Waals surface area contributed by atoms with Crippen LogP contribution in [0, 0.1) is 0 Å². The number of aromatic nitrogens is 2. The first kappa shape index (κ1) is 25.8. The van der Waals surface area contributed by atoms with E-state index in [1.54, 1.807) is 31.1 Å². The van der Waals surface area contributed by atoms with Gasteiger partial charge in [-0.1, -0.05) is 19.9 Å². The summed E-state index contributed by atoms with van der Waals surface area (Å²) < 4.78 is 12.6. The minimum atomic E-state index is -0.511. The fourth-order valence-corrected chi connectivity index (χ4v) is 1.71. The molecule has 26 heavy (non-hydrogen) atoms. The Hall–Kier alpha value is -2.44. The third-order valence-corrected chi connectivity index (χ3v) is 2.88. The Balaban J connectivity index is 0. The van der Waals surface area contributed by atoms with Crippen LogP contribution in [0.2, 0.25) is 0 Å². The molecule has 1 rings (SSSR count). The number of allylic oxidation sites excluding steroid dienone is 1. The van der Waals surface area contributed by atoms with Crippen LogP contribution in [-0.2, 0) is 11.8 Å². The molecule has 0 aliphatic carbocycles. The van der Waals surface area contributed by atoms with E-state index in [9.17, 15) is 4.79 Å². The fraction of sp³-hybridized carbons (Fsp3) is 0.579. The number of rotatable bonds is 5. The first-order chi connectivity index (χ1) is 12.2. The summed E-state index contributed by atoms with van der Waals surface area (Å²) in [6, 6.07) is 0. The molecule has 1 heterocycles. The maximum atomic E-state index is 11.8. The molecule has 0 atom stereocenters. The van der Waals surface area contributed by atoms with E-state index in [0.29, 0.717) is 24.6 Å². The van der Waals surface area contributed by atoms with Crippen molar-refractivity contribution in [1.29, 1.82) is 0 Å². The molecule has 7 nitrogen and oxygen atoms in total. The number of carbonyl (C=O) groups is 1. The number of nitrogens with two attached hydrogens (primary N) is 1. The Morgan fingerprint density at radius 3 is 2.38 bits per heavy atom. The summed E-state index contributed by atoms with van der Waals surface area (Å²) in [5, 5.41) is 4.13. The summed E-state index contributed by atoms with van der Waals surface area (Å²) in [5.74, 6) is 0.593. The summed E-state index contributed by atoms with van der Waals surface area (Å²) in [7, 11) is 3.47. The first-order valence-corrected chi connectivity index (χ1v) is 8.66. The normalized spacial score (nSPS) is 10.7. The molecule has 0 aliphatic heterocycles. The monoisotopic (exact) mass is 368 g/mol. The maximum absolute atomic E-state index is 11.8.